The fourth-order valence-corrected chi connectivity index (χ4v) is 3.30. The predicted octanol–water partition coefficient (Wildman–Crippen LogP) is 2.26. The Kier molecular flexibility index (Phi) is 4.32. The number of carbonyl (C=O) groups is 2. The first kappa shape index (κ1) is 16.5. The van der Waals surface area contributed by atoms with Crippen molar-refractivity contribution in [3.8, 4) is 0 Å². The summed E-state index contributed by atoms with van der Waals surface area (Å²) in [6.07, 6.45) is 0.573. The molecule has 2 aromatic rings. The first-order valence-electron chi connectivity index (χ1n) is 7.74. The highest BCUT2D eigenvalue weighted by atomic mass is 35.5. The molecule has 0 radical (unpaired) electrons. The second-order valence-corrected chi connectivity index (χ2v) is 6.36. The maximum atomic E-state index is 12.8. The van der Waals surface area contributed by atoms with Gasteiger partial charge in [0.15, 0.2) is 0 Å². The van der Waals surface area contributed by atoms with E-state index in [1.807, 2.05) is 25.1 Å². The van der Waals surface area contributed by atoms with E-state index in [2.05, 4.69) is 5.10 Å². The van der Waals surface area contributed by atoms with Gasteiger partial charge in [0.1, 0.15) is 11.7 Å². The lowest BCUT2D eigenvalue weighted by Gasteiger charge is -2.24. The number of hydrogen-bond donors (Lipinski definition) is 0. The lowest BCUT2D eigenvalue weighted by molar-refractivity contribution is -0.120. The van der Waals surface area contributed by atoms with Crippen molar-refractivity contribution in [2.24, 2.45) is 7.05 Å². The van der Waals surface area contributed by atoms with E-state index in [0.717, 1.165) is 5.69 Å². The Hall–Kier alpha value is -2.34. The van der Waals surface area contributed by atoms with Crippen LogP contribution in [-0.4, -0.2) is 46.1 Å². The lowest BCUT2D eigenvalue weighted by Crippen LogP contribution is -2.43. The average Bonchev–Trinajstić information content (AvgIpc) is 3.09. The molecular weight excluding hydrogens is 328 g/mol. The summed E-state index contributed by atoms with van der Waals surface area (Å²) in [7, 11) is 3.38. The number of anilines is 1. The molecule has 1 fully saturated rings. The topological polar surface area (TPSA) is 58.4 Å². The number of likely N-dealkylation sites (N-methyl/N-ethyl adjacent to an activating group) is 1. The van der Waals surface area contributed by atoms with Gasteiger partial charge in [-0.05, 0) is 31.5 Å². The van der Waals surface area contributed by atoms with Crippen LogP contribution >= 0.6 is 11.6 Å². The summed E-state index contributed by atoms with van der Waals surface area (Å²) >= 11 is 6.19. The molecule has 0 spiro atoms. The number of amides is 2. The Labute approximate surface area is 145 Å². The number of aromatic nitrogens is 2. The highest BCUT2D eigenvalue weighted by Gasteiger charge is 2.38. The molecule has 0 N–H and O–H groups in total. The van der Waals surface area contributed by atoms with E-state index in [4.69, 9.17) is 11.6 Å². The largest absolute Gasteiger partial charge is 0.328 e. The summed E-state index contributed by atoms with van der Waals surface area (Å²) in [6.45, 7) is 2.37. The van der Waals surface area contributed by atoms with Gasteiger partial charge in [-0.25, -0.2) is 0 Å². The number of halogens is 1. The van der Waals surface area contributed by atoms with Crippen molar-refractivity contribution in [3.63, 3.8) is 0 Å². The maximum Gasteiger partial charge on any atom is 0.272 e. The highest BCUT2D eigenvalue weighted by molar-refractivity contribution is 6.34. The van der Waals surface area contributed by atoms with Crippen molar-refractivity contribution in [1.29, 1.82) is 0 Å². The molecule has 0 saturated carbocycles. The number of hydrogen-bond acceptors (Lipinski definition) is 3. The number of aryl methyl sites for hydroxylation is 2. The zero-order valence-corrected chi connectivity index (χ0v) is 14.6. The van der Waals surface area contributed by atoms with Crippen molar-refractivity contribution in [2.75, 3.05) is 18.5 Å². The van der Waals surface area contributed by atoms with Gasteiger partial charge < -0.3 is 9.80 Å². The molecule has 6 nitrogen and oxygen atoms in total. The molecule has 2 amide bonds. The van der Waals surface area contributed by atoms with Crippen LogP contribution in [0.3, 0.4) is 0 Å². The standard InChI is InChI=1S/C17H19ClN4O2/c1-11-10-15(21(3)19-11)16(23)20(2)14-8-9-22(17(14)24)13-7-5-4-6-12(13)18/h4-7,10,14H,8-9H2,1-3H3/t14-/m0/s1. The number of nitrogens with zero attached hydrogens (tertiary/aromatic N) is 4. The van der Waals surface area contributed by atoms with E-state index in [-0.39, 0.29) is 11.8 Å². The smallest absolute Gasteiger partial charge is 0.272 e. The molecule has 1 aromatic heterocycles. The van der Waals surface area contributed by atoms with Gasteiger partial charge >= 0.3 is 0 Å². The van der Waals surface area contributed by atoms with Gasteiger partial charge in [0.05, 0.1) is 16.4 Å². The number of carbonyl (C=O) groups excluding carboxylic acids is 2. The van der Waals surface area contributed by atoms with Crippen LogP contribution < -0.4 is 4.90 Å². The molecule has 0 unspecified atom stereocenters. The first-order chi connectivity index (χ1) is 11.4. The molecule has 0 bridgehead atoms. The minimum Gasteiger partial charge on any atom is -0.328 e. The summed E-state index contributed by atoms with van der Waals surface area (Å²) in [5, 5.41) is 4.72. The Bertz CT molecular complexity index is 802. The third kappa shape index (κ3) is 2.78. The molecule has 7 heteroatoms. The zero-order chi connectivity index (χ0) is 17.4. The van der Waals surface area contributed by atoms with Crippen LogP contribution in [0.1, 0.15) is 22.6 Å². The summed E-state index contributed by atoms with van der Waals surface area (Å²) in [4.78, 5) is 28.6. The van der Waals surface area contributed by atoms with Gasteiger partial charge in [-0.15, -0.1) is 0 Å². The molecule has 2 heterocycles. The molecule has 1 atom stereocenters. The minimum absolute atomic E-state index is 0.113. The van der Waals surface area contributed by atoms with Crippen molar-refractivity contribution in [3.05, 3.63) is 46.7 Å². The third-order valence-electron chi connectivity index (χ3n) is 4.33. The van der Waals surface area contributed by atoms with Gasteiger partial charge in [-0.1, -0.05) is 23.7 Å². The van der Waals surface area contributed by atoms with Crippen LogP contribution in [0, 0.1) is 6.92 Å². The molecule has 24 heavy (non-hydrogen) atoms. The van der Waals surface area contributed by atoms with Crippen molar-refractivity contribution in [1.82, 2.24) is 14.7 Å². The van der Waals surface area contributed by atoms with Crippen LogP contribution in [0.5, 0.6) is 0 Å². The van der Waals surface area contributed by atoms with Gasteiger partial charge in [0.25, 0.3) is 5.91 Å². The SMILES string of the molecule is Cc1cc(C(=O)N(C)[C@H]2CCN(c3ccccc3Cl)C2=O)n(C)n1. The summed E-state index contributed by atoms with van der Waals surface area (Å²) in [6, 6.07) is 8.47. The lowest BCUT2D eigenvalue weighted by atomic mass is 10.2. The van der Waals surface area contributed by atoms with Crippen LogP contribution in [0.4, 0.5) is 5.69 Å². The molecule has 1 aliphatic heterocycles. The molecule has 1 aliphatic rings. The number of para-hydroxylation sites is 1. The molecular formula is C17H19ClN4O2. The van der Waals surface area contributed by atoms with Crippen molar-refractivity contribution < 1.29 is 9.59 Å². The van der Waals surface area contributed by atoms with Crippen LogP contribution in [-0.2, 0) is 11.8 Å². The summed E-state index contributed by atoms with van der Waals surface area (Å²) in [5.41, 5.74) is 1.92. The van der Waals surface area contributed by atoms with Crippen LogP contribution in [0.15, 0.2) is 30.3 Å². The maximum absolute atomic E-state index is 12.8. The quantitative estimate of drug-likeness (QED) is 0.856. The fourth-order valence-electron chi connectivity index (χ4n) is 3.07. The summed E-state index contributed by atoms with van der Waals surface area (Å²) in [5.74, 6) is -0.324. The molecule has 1 saturated heterocycles. The highest BCUT2D eigenvalue weighted by Crippen LogP contribution is 2.30. The van der Waals surface area contributed by atoms with E-state index in [9.17, 15) is 9.59 Å². The van der Waals surface area contributed by atoms with Gasteiger partial charge in [-0.3, -0.25) is 14.3 Å². The second kappa shape index (κ2) is 6.28. The minimum atomic E-state index is -0.496. The second-order valence-electron chi connectivity index (χ2n) is 5.96. The predicted molar refractivity (Wildman–Crippen MR) is 92.2 cm³/mol. The molecule has 3 rings (SSSR count). The monoisotopic (exact) mass is 346 g/mol. The van der Waals surface area contributed by atoms with Crippen LogP contribution in [0.2, 0.25) is 5.02 Å². The first-order valence-corrected chi connectivity index (χ1v) is 8.11. The van der Waals surface area contributed by atoms with E-state index in [1.165, 1.54) is 4.90 Å². The Balaban J connectivity index is 1.81. The van der Waals surface area contributed by atoms with Crippen LogP contribution in [0.25, 0.3) is 0 Å². The average molecular weight is 347 g/mol. The van der Waals surface area contributed by atoms with Gasteiger partial charge in [-0.2, -0.15) is 5.10 Å². The van der Waals surface area contributed by atoms with Crippen molar-refractivity contribution >= 4 is 29.1 Å². The normalized spacial score (nSPS) is 17.4. The van der Waals surface area contributed by atoms with E-state index in [1.54, 1.807) is 35.8 Å². The van der Waals surface area contributed by atoms with E-state index >= 15 is 0 Å². The zero-order valence-electron chi connectivity index (χ0n) is 13.9. The number of rotatable bonds is 3. The molecule has 1 aromatic carbocycles. The van der Waals surface area contributed by atoms with Crippen molar-refractivity contribution in [2.45, 2.75) is 19.4 Å². The Morgan fingerprint density at radius 1 is 1.38 bits per heavy atom. The third-order valence-corrected chi connectivity index (χ3v) is 4.65. The Morgan fingerprint density at radius 3 is 2.71 bits per heavy atom. The van der Waals surface area contributed by atoms with Gasteiger partial charge in [0, 0.05) is 20.6 Å². The fraction of sp³-hybridized carbons (Fsp3) is 0.353. The molecule has 0 aliphatic carbocycles. The van der Waals surface area contributed by atoms with E-state index in [0.29, 0.717) is 29.4 Å². The number of benzene rings is 1. The Morgan fingerprint density at radius 2 is 2.08 bits per heavy atom. The molecule has 126 valence electrons. The summed E-state index contributed by atoms with van der Waals surface area (Å²) < 4.78 is 1.54. The van der Waals surface area contributed by atoms with Gasteiger partial charge in [0.2, 0.25) is 5.91 Å². The van der Waals surface area contributed by atoms with E-state index < -0.39 is 6.04 Å².